The summed E-state index contributed by atoms with van der Waals surface area (Å²) in [6, 6.07) is 50.8. The third kappa shape index (κ3) is 5.49. The van der Waals surface area contributed by atoms with Gasteiger partial charge in [0.05, 0.1) is 50.8 Å². The zero-order chi connectivity index (χ0) is 47.7. The van der Waals surface area contributed by atoms with Crippen molar-refractivity contribution in [3.8, 4) is 23.4 Å². The summed E-state index contributed by atoms with van der Waals surface area (Å²) in [6.07, 6.45) is 1.84. The van der Waals surface area contributed by atoms with Crippen molar-refractivity contribution in [2.45, 2.75) is 26.2 Å². The molecule has 304 valence electrons. The van der Waals surface area contributed by atoms with E-state index >= 15 is 0 Å². The van der Waals surface area contributed by atoms with Crippen molar-refractivity contribution >= 4 is 88.2 Å². The van der Waals surface area contributed by atoms with Crippen LogP contribution in [0.4, 0.5) is 22.7 Å². The minimum absolute atomic E-state index is 0.105. The van der Waals surface area contributed by atoms with Crippen LogP contribution < -0.4 is 14.5 Å². The molecule has 0 bridgehead atoms. The van der Waals surface area contributed by atoms with Crippen LogP contribution in [0.2, 0.25) is 0 Å². The van der Waals surface area contributed by atoms with Crippen LogP contribution in [0, 0.1) is 11.3 Å². The maximum atomic E-state index is 9.84. The zero-order valence-corrected chi connectivity index (χ0v) is 34.8. The quantitative estimate of drug-likeness (QED) is 0.173. The fourth-order valence-electron chi connectivity index (χ4n) is 9.67. The van der Waals surface area contributed by atoms with Gasteiger partial charge >= 0.3 is 0 Å². The van der Waals surface area contributed by atoms with Crippen molar-refractivity contribution in [2.75, 3.05) is 16.5 Å². The minimum atomic E-state index is -2.62. The van der Waals surface area contributed by atoms with Gasteiger partial charge in [0.25, 0.3) is 0 Å². The summed E-state index contributed by atoms with van der Waals surface area (Å²) < 4.78 is 65.3. The number of ether oxygens (including phenoxy) is 1. The predicted molar refractivity (Wildman–Crippen MR) is 259 cm³/mol. The standard InChI is InChI=1S/C55H43N7O/c1-55(2,3)35-25-26-57-51(28-35)62-47-24-21-34(32-56)27-42(47)41-23-22-38(30-50(41)62)63-37-14-12-13-36(29-37)60-33-61(49-20-11-10-19-48(49)60)54-52-43(39-15-6-8-17-45(39)58(52)4)31-44-40-16-7-9-18-46(40)59(5)53(44)54/h6-31H,33H2,1-5H3/i4D3,5D3. The largest absolute Gasteiger partial charge is 0.457 e. The Morgan fingerprint density at radius 1 is 0.587 bits per heavy atom. The van der Waals surface area contributed by atoms with Crippen LogP contribution in [0.15, 0.2) is 158 Å². The molecule has 0 unspecified atom stereocenters. The first-order valence-electron chi connectivity index (χ1n) is 24.0. The Morgan fingerprint density at radius 3 is 1.95 bits per heavy atom. The average Bonchev–Trinajstić information content (AvgIpc) is 4.07. The van der Waals surface area contributed by atoms with Gasteiger partial charge in [-0.2, -0.15) is 5.26 Å². The van der Waals surface area contributed by atoms with Gasteiger partial charge in [0.2, 0.25) is 0 Å². The number of aromatic nitrogens is 4. The van der Waals surface area contributed by atoms with Gasteiger partial charge in [-0.15, -0.1) is 0 Å². The molecule has 63 heavy (non-hydrogen) atoms. The molecule has 0 N–H and O–H groups in total. The van der Waals surface area contributed by atoms with E-state index < -0.39 is 14.0 Å². The van der Waals surface area contributed by atoms with Gasteiger partial charge in [-0.3, -0.25) is 4.57 Å². The van der Waals surface area contributed by atoms with Gasteiger partial charge < -0.3 is 23.7 Å². The molecule has 0 fully saturated rings. The highest BCUT2D eigenvalue weighted by Gasteiger charge is 2.33. The van der Waals surface area contributed by atoms with E-state index in [4.69, 9.17) is 17.9 Å². The highest BCUT2D eigenvalue weighted by Crippen LogP contribution is 2.51. The molecule has 0 saturated carbocycles. The molecular weight excluding hydrogens is 775 g/mol. The van der Waals surface area contributed by atoms with E-state index in [0.29, 0.717) is 55.6 Å². The number of pyridine rings is 1. The van der Waals surface area contributed by atoms with E-state index in [-0.39, 0.29) is 12.1 Å². The van der Waals surface area contributed by atoms with Crippen LogP contribution in [0.5, 0.6) is 11.5 Å². The third-order valence-corrected chi connectivity index (χ3v) is 12.7. The summed E-state index contributed by atoms with van der Waals surface area (Å²) in [5.41, 5.74) is 8.22. The summed E-state index contributed by atoms with van der Waals surface area (Å²) in [6.45, 7) is 1.52. The van der Waals surface area contributed by atoms with Gasteiger partial charge in [0, 0.05) is 89.5 Å². The maximum absolute atomic E-state index is 9.84. The van der Waals surface area contributed by atoms with Crippen LogP contribution in [0.25, 0.3) is 71.2 Å². The number of aryl methyl sites for hydroxylation is 2. The zero-order valence-electron chi connectivity index (χ0n) is 40.8. The highest BCUT2D eigenvalue weighted by atomic mass is 16.5. The molecule has 8 nitrogen and oxygen atoms in total. The van der Waals surface area contributed by atoms with E-state index in [1.54, 1.807) is 0 Å². The van der Waals surface area contributed by atoms with Crippen LogP contribution >= 0.6 is 0 Å². The summed E-state index contributed by atoms with van der Waals surface area (Å²) in [4.78, 5) is 9.03. The number of nitrogens with zero attached hydrogens (tertiary/aromatic N) is 7. The Hall–Kier alpha value is -8.02. The van der Waals surface area contributed by atoms with Crippen molar-refractivity contribution in [3.63, 3.8) is 0 Å². The van der Waals surface area contributed by atoms with Crippen LogP contribution in [-0.2, 0) is 19.4 Å². The van der Waals surface area contributed by atoms with Crippen molar-refractivity contribution in [3.05, 3.63) is 169 Å². The predicted octanol–water partition coefficient (Wildman–Crippen LogP) is 13.7. The maximum Gasteiger partial charge on any atom is 0.137 e. The molecule has 8 heteroatoms. The van der Waals surface area contributed by atoms with E-state index in [9.17, 15) is 5.26 Å². The van der Waals surface area contributed by atoms with Gasteiger partial charge in [-0.1, -0.05) is 75.4 Å². The minimum Gasteiger partial charge on any atom is -0.457 e. The topological polar surface area (TPSA) is 67.2 Å². The molecule has 7 aromatic carbocycles. The first-order chi connectivity index (χ1) is 33.1. The number of benzene rings is 7. The average molecular weight is 824 g/mol. The number of hydrogen-bond acceptors (Lipinski definition) is 5. The Labute approximate surface area is 373 Å². The van der Waals surface area contributed by atoms with Gasteiger partial charge in [-0.05, 0) is 95.9 Å². The normalized spacial score (nSPS) is 14.8. The number of fused-ring (bicyclic) bond motifs is 10. The third-order valence-electron chi connectivity index (χ3n) is 12.7. The van der Waals surface area contributed by atoms with Gasteiger partial charge in [-0.25, -0.2) is 4.98 Å². The van der Waals surface area contributed by atoms with Crippen LogP contribution in [0.1, 0.15) is 40.1 Å². The lowest BCUT2D eigenvalue weighted by molar-refractivity contribution is 0.483. The molecule has 0 saturated heterocycles. The lowest BCUT2D eigenvalue weighted by atomic mass is 9.88. The lowest BCUT2D eigenvalue weighted by Gasteiger charge is -2.25. The Morgan fingerprint density at radius 2 is 1.25 bits per heavy atom. The van der Waals surface area contributed by atoms with E-state index in [2.05, 4.69) is 47.3 Å². The smallest absolute Gasteiger partial charge is 0.137 e. The van der Waals surface area contributed by atoms with E-state index in [0.717, 1.165) is 61.0 Å². The molecule has 0 aliphatic carbocycles. The molecule has 11 aromatic rings. The molecule has 0 atom stereocenters. The molecule has 0 amide bonds. The first kappa shape index (κ1) is 30.9. The molecule has 12 rings (SSSR count). The summed E-state index contributed by atoms with van der Waals surface area (Å²) in [5, 5.41) is 14.7. The number of rotatable bonds is 5. The fraction of sp³-hybridized carbons (Fsp3) is 0.127. The lowest BCUT2D eigenvalue weighted by Crippen LogP contribution is -2.25. The van der Waals surface area contributed by atoms with Crippen LogP contribution in [-0.4, -0.2) is 25.4 Å². The Balaban J connectivity index is 1.01. The first-order valence-corrected chi connectivity index (χ1v) is 21.0. The SMILES string of the molecule is [2H]C([2H])([2H])n1c2ccccc2c2cc3c4ccccc4n(C([2H])([2H])[2H])c3c(N3CN(c4cccc(Oc5ccc6c7cc(C#N)ccc7n(-c7cc(C(C)(C)C)ccn7)c6c5)c4)c4ccccc43)c21. The second kappa shape index (κ2) is 13.5. The number of nitriles is 1. The summed E-state index contributed by atoms with van der Waals surface area (Å²) >= 11 is 0. The van der Waals surface area contributed by atoms with Gasteiger partial charge in [0.1, 0.15) is 24.0 Å². The molecule has 1 aliphatic rings. The number of hydrogen-bond donors (Lipinski definition) is 0. The Bertz CT molecular complexity index is 3870. The molecule has 1 aliphatic heterocycles. The highest BCUT2D eigenvalue weighted by molar-refractivity contribution is 6.25. The molecule has 4 aromatic heterocycles. The molecule has 0 spiro atoms. The second-order valence-electron chi connectivity index (χ2n) is 17.3. The van der Waals surface area contributed by atoms with Crippen molar-refractivity contribution < 1.29 is 13.0 Å². The number of anilines is 4. The van der Waals surface area contributed by atoms with E-state index in [1.165, 1.54) is 9.13 Å². The van der Waals surface area contributed by atoms with Crippen molar-refractivity contribution in [1.29, 1.82) is 5.26 Å². The van der Waals surface area contributed by atoms with Gasteiger partial charge in [0.15, 0.2) is 0 Å². The molecular formula is C55H43N7O. The van der Waals surface area contributed by atoms with Crippen LogP contribution in [0.3, 0.4) is 0 Å². The van der Waals surface area contributed by atoms with Crippen molar-refractivity contribution in [2.24, 2.45) is 14.0 Å². The summed E-state index contributed by atoms with van der Waals surface area (Å²) in [5.74, 6) is 1.94. The fourth-order valence-corrected chi connectivity index (χ4v) is 9.67. The van der Waals surface area contributed by atoms with E-state index in [1.807, 2.05) is 152 Å². The molecule has 0 radical (unpaired) electrons. The second-order valence-corrected chi connectivity index (χ2v) is 17.3. The molecule has 5 heterocycles. The summed E-state index contributed by atoms with van der Waals surface area (Å²) in [7, 11) is 0. The Kier molecular flexibility index (Phi) is 6.62. The van der Waals surface area contributed by atoms with Crippen molar-refractivity contribution in [1.82, 2.24) is 18.7 Å². The number of para-hydroxylation sites is 4. The monoisotopic (exact) mass is 823 g/mol.